The van der Waals surface area contributed by atoms with Crippen LogP contribution in [-0.4, -0.2) is 34.2 Å². The van der Waals surface area contributed by atoms with E-state index in [9.17, 15) is 9.59 Å². The number of rotatable bonds is 5. The number of carbonyl (C=O) groups is 1. The first kappa shape index (κ1) is 20.2. The molecular formula is C24H23N3O2S. The Hall–Kier alpha value is -3.12. The number of H-pyrrole nitrogens is 1. The van der Waals surface area contributed by atoms with Gasteiger partial charge in [-0.15, -0.1) is 0 Å². The van der Waals surface area contributed by atoms with E-state index in [1.165, 1.54) is 5.57 Å². The first-order valence-corrected chi connectivity index (χ1v) is 11.2. The quantitative estimate of drug-likeness (QED) is 0.608. The lowest BCUT2D eigenvalue weighted by Crippen LogP contribution is -2.31. The Kier molecular flexibility index (Phi) is 6.44. The summed E-state index contributed by atoms with van der Waals surface area (Å²) in [6.45, 7) is 0.412. The zero-order valence-electron chi connectivity index (χ0n) is 16.6. The van der Waals surface area contributed by atoms with Gasteiger partial charge in [0.25, 0.3) is 11.5 Å². The van der Waals surface area contributed by atoms with Crippen LogP contribution in [-0.2, 0) is 0 Å². The van der Waals surface area contributed by atoms with Gasteiger partial charge in [0, 0.05) is 17.7 Å². The molecule has 2 N–H and O–H groups in total. The molecule has 0 saturated carbocycles. The van der Waals surface area contributed by atoms with Gasteiger partial charge >= 0.3 is 0 Å². The van der Waals surface area contributed by atoms with Crippen LogP contribution in [0.3, 0.4) is 0 Å². The van der Waals surface area contributed by atoms with Crippen LogP contribution in [0.5, 0.6) is 0 Å². The maximum absolute atomic E-state index is 13.1. The molecule has 0 spiro atoms. The standard InChI is InChI=1S/C24H23N3O2S/c28-23(25-14-11-17-12-15-30-16-13-17)21-20(18-7-3-1-4-8-18)22(26-27-24(21)29)19-9-5-2-6-10-19/h1-11H,12-16H2,(H,25,28)(H,27,29). The molecule has 1 fully saturated rings. The molecule has 3 aromatic rings. The van der Waals surface area contributed by atoms with Crippen molar-refractivity contribution in [3.8, 4) is 22.4 Å². The second-order valence-electron chi connectivity index (χ2n) is 7.07. The third-order valence-corrected chi connectivity index (χ3v) is 6.09. The number of thioether (sulfide) groups is 1. The Morgan fingerprint density at radius 3 is 2.30 bits per heavy atom. The number of aromatic nitrogens is 2. The van der Waals surface area contributed by atoms with Gasteiger partial charge < -0.3 is 5.32 Å². The molecule has 30 heavy (non-hydrogen) atoms. The molecule has 1 aliphatic rings. The van der Waals surface area contributed by atoms with E-state index in [-0.39, 0.29) is 5.56 Å². The van der Waals surface area contributed by atoms with Gasteiger partial charge in [0.1, 0.15) is 5.56 Å². The summed E-state index contributed by atoms with van der Waals surface area (Å²) in [6, 6.07) is 19.0. The highest BCUT2D eigenvalue weighted by atomic mass is 32.2. The van der Waals surface area contributed by atoms with Crippen LogP contribution in [0.4, 0.5) is 0 Å². The molecule has 2 aromatic carbocycles. The molecule has 0 unspecified atom stereocenters. The van der Waals surface area contributed by atoms with Crippen LogP contribution in [0.1, 0.15) is 23.2 Å². The Morgan fingerprint density at radius 1 is 1.00 bits per heavy atom. The highest BCUT2D eigenvalue weighted by Gasteiger charge is 2.22. The minimum atomic E-state index is -0.493. The Morgan fingerprint density at radius 2 is 1.63 bits per heavy atom. The number of nitrogens with one attached hydrogen (secondary N) is 2. The van der Waals surface area contributed by atoms with E-state index in [0.717, 1.165) is 35.5 Å². The number of carbonyl (C=O) groups excluding carboxylic acids is 1. The van der Waals surface area contributed by atoms with Crippen molar-refractivity contribution in [3.05, 3.63) is 88.2 Å². The summed E-state index contributed by atoms with van der Waals surface area (Å²) in [5.74, 6) is 1.86. The van der Waals surface area contributed by atoms with Crippen molar-refractivity contribution in [3.63, 3.8) is 0 Å². The second-order valence-corrected chi connectivity index (χ2v) is 8.29. The molecule has 1 amide bonds. The first-order chi connectivity index (χ1) is 14.7. The van der Waals surface area contributed by atoms with Crippen molar-refractivity contribution in [1.82, 2.24) is 15.5 Å². The third kappa shape index (κ3) is 4.54. The average Bonchev–Trinajstić information content (AvgIpc) is 2.80. The van der Waals surface area contributed by atoms with Crippen molar-refractivity contribution >= 4 is 17.7 Å². The van der Waals surface area contributed by atoms with E-state index < -0.39 is 11.5 Å². The average molecular weight is 418 g/mol. The summed E-state index contributed by atoms with van der Waals surface area (Å²) in [6.07, 6.45) is 4.20. The van der Waals surface area contributed by atoms with E-state index in [1.807, 2.05) is 72.4 Å². The number of hydrogen-bond acceptors (Lipinski definition) is 4. The van der Waals surface area contributed by atoms with Gasteiger partial charge in [0.2, 0.25) is 0 Å². The molecule has 0 atom stereocenters. The first-order valence-electron chi connectivity index (χ1n) is 10.0. The molecule has 0 radical (unpaired) electrons. The van der Waals surface area contributed by atoms with Crippen molar-refractivity contribution in [2.75, 3.05) is 18.1 Å². The normalized spacial score (nSPS) is 13.7. The van der Waals surface area contributed by atoms with Crippen LogP contribution in [0.2, 0.25) is 0 Å². The molecular weight excluding hydrogens is 394 g/mol. The summed E-state index contributed by atoms with van der Waals surface area (Å²) in [5.41, 5.74) is 3.71. The fraction of sp³-hybridized carbons (Fsp3) is 0.208. The zero-order chi connectivity index (χ0) is 20.8. The molecule has 6 heteroatoms. The summed E-state index contributed by atoms with van der Waals surface area (Å²) in [7, 11) is 0. The minimum absolute atomic E-state index is 0.0904. The van der Waals surface area contributed by atoms with Gasteiger partial charge in [0.15, 0.2) is 0 Å². The fourth-order valence-corrected chi connectivity index (χ4v) is 4.59. The Balaban J connectivity index is 1.73. The molecule has 2 heterocycles. The zero-order valence-corrected chi connectivity index (χ0v) is 17.4. The maximum Gasteiger partial charge on any atom is 0.277 e. The van der Waals surface area contributed by atoms with E-state index >= 15 is 0 Å². The van der Waals surface area contributed by atoms with Crippen LogP contribution >= 0.6 is 11.8 Å². The van der Waals surface area contributed by atoms with Crippen LogP contribution in [0, 0.1) is 0 Å². The lowest BCUT2D eigenvalue weighted by Gasteiger charge is -2.15. The smallest absolute Gasteiger partial charge is 0.277 e. The molecule has 4 rings (SSSR count). The van der Waals surface area contributed by atoms with Gasteiger partial charge in [0.05, 0.1) is 5.69 Å². The summed E-state index contributed by atoms with van der Waals surface area (Å²) >= 11 is 1.96. The van der Waals surface area contributed by atoms with E-state index in [0.29, 0.717) is 17.8 Å². The second kappa shape index (κ2) is 9.59. The monoisotopic (exact) mass is 417 g/mol. The predicted octanol–water partition coefficient (Wildman–Crippen LogP) is 4.29. The summed E-state index contributed by atoms with van der Waals surface area (Å²) in [4.78, 5) is 25.8. The minimum Gasteiger partial charge on any atom is -0.348 e. The number of hydrogen-bond donors (Lipinski definition) is 2. The predicted molar refractivity (Wildman–Crippen MR) is 123 cm³/mol. The van der Waals surface area contributed by atoms with Crippen LogP contribution in [0.15, 0.2) is 77.1 Å². The highest BCUT2D eigenvalue weighted by molar-refractivity contribution is 7.99. The van der Waals surface area contributed by atoms with Gasteiger partial charge in [-0.1, -0.05) is 72.3 Å². The number of nitrogens with zero attached hydrogens (tertiary/aromatic N) is 1. The van der Waals surface area contributed by atoms with Gasteiger partial charge in [-0.05, 0) is 29.9 Å². The lowest BCUT2D eigenvalue weighted by atomic mass is 9.95. The molecule has 0 aliphatic carbocycles. The maximum atomic E-state index is 13.1. The Bertz CT molecular complexity index is 1100. The van der Waals surface area contributed by atoms with Gasteiger partial charge in [-0.2, -0.15) is 16.9 Å². The molecule has 1 aromatic heterocycles. The third-order valence-electron chi connectivity index (χ3n) is 5.11. The van der Waals surface area contributed by atoms with Crippen molar-refractivity contribution in [2.24, 2.45) is 0 Å². The SMILES string of the molecule is O=C(NCC=C1CCSCC1)c1c(-c2ccccc2)c(-c2ccccc2)n[nH]c1=O. The van der Waals surface area contributed by atoms with Crippen LogP contribution < -0.4 is 10.9 Å². The van der Waals surface area contributed by atoms with E-state index in [1.54, 1.807) is 0 Å². The van der Waals surface area contributed by atoms with E-state index in [4.69, 9.17) is 0 Å². The van der Waals surface area contributed by atoms with Crippen molar-refractivity contribution in [2.45, 2.75) is 12.8 Å². The highest BCUT2D eigenvalue weighted by Crippen LogP contribution is 2.31. The van der Waals surface area contributed by atoms with Crippen molar-refractivity contribution in [1.29, 1.82) is 0 Å². The topological polar surface area (TPSA) is 74.8 Å². The molecule has 0 bridgehead atoms. The van der Waals surface area contributed by atoms with Crippen molar-refractivity contribution < 1.29 is 4.79 Å². The number of allylic oxidation sites excluding steroid dienone is 1. The Labute approximate surface area is 179 Å². The fourth-order valence-electron chi connectivity index (χ4n) is 3.57. The molecule has 152 valence electrons. The van der Waals surface area contributed by atoms with Gasteiger partial charge in [-0.3, -0.25) is 9.59 Å². The largest absolute Gasteiger partial charge is 0.348 e. The van der Waals surface area contributed by atoms with Gasteiger partial charge in [-0.25, -0.2) is 5.10 Å². The number of aromatic amines is 1. The van der Waals surface area contributed by atoms with E-state index in [2.05, 4.69) is 21.6 Å². The summed E-state index contributed by atoms with van der Waals surface area (Å²) < 4.78 is 0. The lowest BCUT2D eigenvalue weighted by molar-refractivity contribution is 0.0957. The number of benzene rings is 2. The molecule has 1 aliphatic heterocycles. The number of amides is 1. The summed E-state index contributed by atoms with van der Waals surface area (Å²) in [5, 5.41) is 9.71. The molecule has 1 saturated heterocycles. The van der Waals surface area contributed by atoms with Crippen LogP contribution in [0.25, 0.3) is 22.4 Å². The molecule has 5 nitrogen and oxygen atoms in total.